The maximum Gasteiger partial charge on any atom is 0.150 e. The molecule has 1 saturated heterocycles. The number of fused-ring (bicyclic) bond motifs is 1. The van der Waals surface area contributed by atoms with Gasteiger partial charge in [-0.25, -0.2) is 4.68 Å². The second-order valence-electron chi connectivity index (χ2n) is 9.14. The minimum absolute atomic E-state index is 0.00644. The number of nitrogens with two attached hydrogens (primary N) is 1. The molecule has 3 rings (SSSR count). The highest BCUT2D eigenvalue weighted by Gasteiger charge is 2.41. The topological polar surface area (TPSA) is 53.1 Å². The monoisotopic (exact) mass is 475 g/mol. The Kier molecular flexibility index (Phi) is 6.82. The quantitative estimate of drug-likeness (QED) is 0.305. The van der Waals surface area contributed by atoms with E-state index < -0.39 is 8.07 Å². The van der Waals surface area contributed by atoms with Crippen LogP contribution in [0.5, 0.6) is 0 Å². The smallest absolute Gasteiger partial charge is 0.150 e. The van der Waals surface area contributed by atoms with Crippen LogP contribution in [0.3, 0.4) is 0 Å². The second-order valence-corrected chi connectivity index (χ2v) is 15.5. The van der Waals surface area contributed by atoms with Gasteiger partial charge in [-0.05, 0) is 57.9 Å². The van der Waals surface area contributed by atoms with Gasteiger partial charge in [0, 0.05) is 12.0 Å². The molecule has 4 nitrogen and oxygen atoms in total. The first-order chi connectivity index (χ1) is 13.7. The summed E-state index contributed by atoms with van der Waals surface area (Å²) in [6.07, 6.45) is 5.15. The van der Waals surface area contributed by atoms with Gasteiger partial charge in [0.05, 0.1) is 27.4 Å². The fourth-order valence-corrected chi connectivity index (χ4v) is 10.8. The van der Waals surface area contributed by atoms with E-state index in [1.165, 1.54) is 6.42 Å². The molecule has 0 aliphatic carbocycles. The van der Waals surface area contributed by atoms with Crippen LogP contribution in [0.2, 0.25) is 16.6 Å². The van der Waals surface area contributed by atoms with Crippen LogP contribution < -0.4 is 5.73 Å². The lowest BCUT2D eigenvalue weighted by molar-refractivity contribution is -0.0366. The number of aromatic nitrogens is 2. The zero-order valence-electron chi connectivity index (χ0n) is 18.6. The predicted molar refractivity (Wildman–Crippen MR) is 129 cm³/mol. The normalized spacial score (nSPS) is 17.9. The highest BCUT2D eigenvalue weighted by molar-refractivity contribution is 9.10. The minimum atomic E-state index is -1.83. The van der Waals surface area contributed by atoms with E-state index in [1.54, 1.807) is 0 Å². The Morgan fingerprint density at radius 1 is 1.17 bits per heavy atom. The van der Waals surface area contributed by atoms with Crippen molar-refractivity contribution >= 4 is 40.6 Å². The lowest BCUT2D eigenvalue weighted by Crippen LogP contribution is -2.43. The van der Waals surface area contributed by atoms with Crippen molar-refractivity contribution in [2.24, 2.45) is 0 Å². The van der Waals surface area contributed by atoms with Crippen molar-refractivity contribution in [2.75, 3.05) is 12.3 Å². The van der Waals surface area contributed by atoms with Crippen molar-refractivity contribution < 1.29 is 4.74 Å². The third-order valence-electron chi connectivity index (χ3n) is 6.59. The van der Waals surface area contributed by atoms with Gasteiger partial charge in [0.1, 0.15) is 8.07 Å². The molecule has 1 aromatic heterocycles. The number of hydrogen-bond acceptors (Lipinski definition) is 3. The molecule has 29 heavy (non-hydrogen) atoms. The number of nitrogens with zero attached hydrogens (tertiary/aromatic N) is 2. The van der Waals surface area contributed by atoms with Gasteiger partial charge >= 0.3 is 0 Å². The summed E-state index contributed by atoms with van der Waals surface area (Å²) in [5, 5.41) is 5.64. The average Bonchev–Trinajstić information content (AvgIpc) is 3.09. The van der Waals surface area contributed by atoms with Crippen LogP contribution in [0.4, 0.5) is 5.69 Å². The maximum atomic E-state index is 6.49. The molecule has 1 fully saturated rings. The summed E-state index contributed by atoms with van der Waals surface area (Å²) >= 11 is 3.70. The number of nitrogen functional groups attached to an aromatic ring is 1. The summed E-state index contributed by atoms with van der Waals surface area (Å²) in [6.45, 7) is 14.8. The molecule has 0 amide bonds. The molecule has 0 saturated carbocycles. The van der Waals surface area contributed by atoms with Crippen molar-refractivity contribution in [3.8, 4) is 11.5 Å². The first-order valence-electron chi connectivity index (χ1n) is 10.8. The zero-order chi connectivity index (χ0) is 21.3. The molecule has 1 aliphatic heterocycles. The molecule has 2 N–H and O–H groups in total. The summed E-state index contributed by atoms with van der Waals surface area (Å²) in [6, 6.07) is 2.10. The van der Waals surface area contributed by atoms with E-state index in [1.807, 2.05) is 10.9 Å². The number of hydrogen-bond donors (Lipinski definition) is 1. The van der Waals surface area contributed by atoms with Gasteiger partial charge in [-0.3, -0.25) is 0 Å². The molecule has 158 valence electrons. The molecular weight excluding hydrogens is 442 g/mol. The van der Waals surface area contributed by atoms with E-state index in [4.69, 9.17) is 10.5 Å². The summed E-state index contributed by atoms with van der Waals surface area (Å²) < 4.78 is 8.86. The molecule has 2 heterocycles. The average molecular weight is 477 g/mol. The van der Waals surface area contributed by atoms with Crippen molar-refractivity contribution in [1.82, 2.24) is 9.78 Å². The third-order valence-corrected chi connectivity index (χ3v) is 13.7. The summed E-state index contributed by atoms with van der Waals surface area (Å²) in [5.41, 5.74) is 14.7. The Hall–Kier alpha value is -1.29. The Morgan fingerprint density at radius 2 is 1.83 bits per heavy atom. The number of halogens is 1. The molecule has 1 unspecified atom stereocenters. The standard InChI is InChI=1S/C23H34BrN3OSi/c1-15(2)29(16(3)4,17(5)6)12-10-18-13-20-19(22(24)23(18)25)14-26-27(20)21-9-7-8-11-28-21/h13-17,21H,7-9,11,25H2,1-6H3. The van der Waals surface area contributed by atoms with Crippen molar-refractivity contribution in [3.05, 3.63) is 22.3 Å². The van der Waals surface area contributed by atoms with Crippen LogP contribution in [-0.4, -0.2) is 24.5 Å². The first kappa shape index (κ1) is 22.4. The molecule has 2 aromatic rings. The fraction of sp³-hybridized carbons (Fsp3) is 0.609. The molecule has 1 aliphatic rings. The van der Waals surface area contributed by atoms with Crippen LogP contribution >= 0.6 is 15.9 Å². The Balaban J connectivity index is 2.13. The predicted octanol–water partition coefficient (Wildman–Crippen LogP) is 6.65. The maximum absolute atomic E-state index is 6.49. The molecule has 1 atom stereocenters. The SMILES string of the molecule is CC(C)[Si](C#Cc1cc2c(cnn2C2CCCCO2)c(Br)c1N)(C(C)C)C(C)C. The lowest BCUT2D eigenvalue weighted by Gasteiger charge is -2.38. The highest BCUT2D eigenvalue weighted by Crippen LogP contribution is 2.41. The number of anilines is 1. The Morgan fingerprint density at radius 3 is 2.38 bits per heavy atom. The van der Waals surface area contributed by atoms with E-state index in [0.717, 1.165) is 40.4 Å². The van der Waals surface area contributed by atoms with Gasteiger partial charge in [-0.15, -0.1) is 5.54 Å². The minimum Gasteiger partial charge on any atom is -0.397 e. The molecule has 6 heteroatoms. The number of ether oxygens (including phenoxy) is 1. The van der Waals surface area contributed by atoms with Crippen molar-refractivity contribution in [3.63, 3.8) is 0 Å². The van der Waals surface area contributed by atoms with Gasteiger partial charge in [0.2, 0.25) is 0 Å². The Labute approximate surface area is 184 Å². The van der Waals surface area contributed by atoms with Gasteiger partial charge in [-0.2, -0.15) is 5.10 Å². The fourth-order valence-electron chi connectivity index (χ4n) is 5.02. The molecule has 0 radical (unpaired) electrons. The first-order valence-corrected chi connectivity index (χ1v) is 13.8. The molecular formula is C23H34BrN3OSi. The summed E-state index contributed by atoms with van der Waals surface area (Å²) in [5.74, 6) is 3.53. The van der Waals surface area contributed by atoms with Gasteiger partial charge in [0.25, 0.3) is 0 Å². The highest BCUT2D eigenvalue weighted by atomic mass is 79.9. The molecule has 0 spiro atoms. The van der Waals surface area contributed by atoms with Crippen LogP contribution in [0.15, 0.2) is 16.7 Å². The van der Waals surface area contributed by atoms with Crippen LogP contribution in [0, 0.1) is 11.5 Å². The van der Waals surface area contributed by atoms with Gasteiger partial charge in [0.15, 0.2) is 6.23 Å². The summed E-state index contributed by atoms with van der Waals surface area (Å²) in [7, 11) is -1.83. The van der Waals surface area contributed by atoms with Crippen LogP contribution in [0.25, 0.3) is 10.9 Å². The summed E-state index contributed by atoms with van der Waals surface area (Å²) in [4.78, 5) is 0. The Bertz CT molecular complexity index is 911. The van der Waals surface area contributed by atoms with E-state index >= 15 is 0 Å². The molecule has 0 bridgehead atoms. The largest absolute Gasteiger partial charge is 0.397 e. The molecule has 1 aromatic carbocycles. The number of benzene rings is 1. The lowest BCUT2D eigenvalue weighted by atomic mass is 10.1. The zero-order valence-corrected chi connectivity index (χ0v) is 21.1. The van der Waals surface area contributed by atoms with E-state index in [0.29, 0.717) is 22.3 Å². The van der Waals surface area contributed by atoms with E-state index in [9.17, 15) is 0 Å². The van der Waals surface area contributed by atoms with Crippen LogP contribution in [0.1, 0.15) is 72.6 Å². The van der Waals surface area contributed by atoms with Crippen molar-refractivity contribution in [2.45, 2.75) is 83.7 Å². The third kappa shape index (κ3) is 4.02. The van der Waals surface area contributed by atoms with Gasteiger partial charge < -0.3 is 10.5 Å². The van der Waals surface area contributed by atoms with Gasteiger partial charge in [-0.1, -0.05) is 47.5 Å². The van der Waals surface area contributed by atoms with E-state index in [2.05, 4.69) is 80.1 Å². The second kappa shape index (κ2) is 8.83. The van der Waals surface area contributed by atoms with E-state index in [-0.39, 0.29) is 6.23 Å². The number of rotatable bonds is 4. The van der Waals surface area contributed by atoms with Crippen LogP contribution in [-0.2, 0) is 4.74 Å². The van der Waals surface area contributed by atoms with Crippen molar-refractivity contribution in [1.29, 1.82) is 0 Å².